The van der Waals surface area contributed by atoms with Crippen LogP contribution in [0, 0.1) is 4.78 Å². The van der Waals surface area contributed by atoms with E-state index in [2.05, 4.69) is 22.0 Å². The van der Waals surface area contributed by atoms with Gasteiger partial charge >= 0.3 is 0 Å². The molecule has 0 amide bonds. The molecule has 0 spiro atoms. The number of hydrogen-bond donors (Lipinski definition) is 1. The van der Waals surface area contributed by atoms with Crippen molar-refractivity contribution in [2.75, 3.05) is 18.6 Å². The van der Waals surface area contributed by atoms with Crippen molar-refractivity contribution in [1.29, 1.82) is 4.78 Å². The highest BCUT2D eigenvalue weighted by molar-refractivity contribution is 7.92. The van der Waals surface area contributed by atoms with Crippen molar-refractivity contribution >= 4 is 20.6 Å². The van der Waals surface area contributed by atoms with Crippen LogP contribution in [0.2, 0.25) is 0 Å². The summed E-state index contributed by atoms with van der Waals surface area (Å²) in [6.07, 6.45) is 2.77. The summed E-state index contributed by atoms with van der Waals surface area (Å²) in [7, 11) is -0.282. The molecule has 1 aliphatic rings. The van der Waals surface area contributed by atoms with E-state index in [1.165, 1.54) is 0 Å². The summed E-state index contributed by atoms with van der Waals surface area (Å²) in [5.74, 6) is 1.04. The smallest absolute Gasteiger partial charge is 0.0702 e. The monoisotopic (exact) mass is 289 g/mol. The van der Waals surface area contributed by atoms with Gasteiger partial charge in [0.25, 0.3) is 0 Å². The van der Waals surface area contributed by atoms with Gasteiger partial charge in [0.2, 0.25) is 0 Å². The number of fused-ring (bicyclic) bond motifs is 1. The third-order valence-electron chi connectivity index (χ3n) is 3.94. The fraction of sp³-hybridized carbons (Fsp3) is 0.400. The maximum atomic E-state index is 11.8. The Kier molecular flexibility index (Phi) is 3.48. The predicted octanol–water partition coefficient (Wildman–Crippen LogP) is 2.49. The summed E-state index contributed by atoms with van der Waals surface area (Å²) in [4.78, 5) is 6.67. The molecule has 1 aliphatic heterocycles. The van der Waals surface area contributed by atoms with Crippen LogP contribution in [-0.4, -0.2) is 38.7 Å². The SMILES string of the molecule is CN(Cc1cnc2ccccc2c1)C1CCS(=N)(=O)C1. The van der Waals surface area contributed by atoms with Gasteiger partial charge in [0, 0.05) is 45.4 Å². The molecule has 2 aromatic rings. The minimum atomic E-state index is -2.32. The molecule has 106 valence electrons. The van der Waals surface area contributed by atoms with Crippen molar-refractivity contribution in [2.45, 2.75) is 19.0 Å². The Morgan fingerprint density at radius 2 is 2.25 bits per heavy atom. The second kappa shape index (κ2) is 5.14. The Morgan fingerprint density at radius 3 is 3.00 bits per heavy atom. The van der Waals surface area contributed by atoms with Crippen molar-refractivity contribution in [3.05, 3.63) is 42.1 Å². The molecule has 4 nitrogen and oxygen atoms in total. The molecule has 20 heavy (non-hydrogen) atoms. The molecule has 0 bridgehead atoms. The molecule has 1 fully saturated rings. The van der Waals surface area contributed by atoms with E-state index in [4.69, 9.17) is 4.78 Å². The standard InChI is InChI=1S/C15H19N3OS/c1-18(14-6-7-20(16,19)11-14)10-12-8-13-4-2-3-5-15(13)17-9-12/h2-5,8-9,14,16H,6-7,10-11H2,1H3. The average Bonchev–Trinajstić information content (AvgIpc) is 2.79. The van der Waals surface area contributed by atoms with Gasteiger partial charge in [-0.2, -0.15) is 0 Å². The fourth-order valence-electron chi connectivity index (χ4n) is 2.77. The minimum absolute atomic E-state index is 0.256. The number of nitrogens with zero attached hydrogens (tertiary/aromatic N) is 2. The van der Waals surface area contributed by atoms with Crippen LogP contribution in [0.25, 0.3) is 10.9 Å². The normalized spacial score (nSPS) is 26.4. The molecule has 0 saturated carbocycles. The van der Waals surface area contributed by atoms with Crippen LogP contribution in [0.1, 0.15) is 12.0 Å². The quantitative estimate of drug-likeness (QED) is 0.944. The Labute approximate surface area is 119 Å². The first-order valence-electron chi connectivity index (χ1n) is 6.82. The van der Waals surface area contributed by atoms with Crippen LogP contribution in [0.5, 0.6) is 0 Å². The average molecular weight is 289 g/mol. The van der Waals surface area contributed by atoms with E-state index in [0.29, 0.717) is 11.5 Å². The molecule has 0 aliphatic carbocycles. The lowest BCUT2D eigenvalue weighted by molar-refractivity contribution is 0.254. The number of pyridine rings is 1. The summed E-state index contributed by atoms with van der Waals surface area (Å²) in [6, 6.07) is 10.5. The second-order valence-electron chi connectivity index (χ2n) is 5.58. The van der Waals surface area contributed by atoms with Crippen molar-refractivity contribution in [2.24, 2.45) is 0 Å². The Morgan fingerprint density at radius 1 is 1.45 bits per heavy atom. The molecule has 0 radical (unpaired) electrons. The highest BCUT2D eigenvalue weighted by atomic mass is 32.2. The highest BCUT2D eigenvalue weighted by Crippen LogP contribution is 2.20. The van der Waals surface area contributed by atoms with E-state index in [1.807, 2.05) is 31.4 Å². The summed E-state index contributed by atoms with van der Waals surface area (Å²) in [6.45, 7) is 0.790. The predicted molar refractivity (Wildman–Crippen MR) is 82.2 cm³/mol. The van der Waals surface area contributed by atoms with Gasteiger partial charge in [-0.3, -0.25) is 14.7 Å². The van der Waals surface area contributed by atoms with Gasteiger partial charge in [-0.1, -0.05) is 18.2 Å². The summed E-state index contributed by atoms with van der Waals surface area (Å²) < 4.78 is 19.4. The van der Waals surface area contributed by atoms with E-state index >= 15 is 0 Å². The van der Waals surface area contributed by atoms with Crippen LogP contribution in [0.4, 0.5) is 0 Å². The van der Waals surface area contributed by atoms with Crippen LogP contribution >= 0.6 is 0 Å². The molecule has 2 unspecified atom stereocenters. The topological polar surface area (TPSA) is 57.1 Å². The first kappa shape index (κ1) is 13.5. The maximum Gasteiger partial charge on any atom is 0.0702 e. The first-order chi connectivity index (χ1) is 9.53. The van der Waals surface area contributed by atoms with Crippen molar-refractivity contribution in [1.82, 2.24) is 9.88 Å². The van der Waals surface area contributed by atoms with Gasteiger partial charge in [-0.05, 0) is 31.2 Å². The molecular formula is C15H19N3OS. The maximum absolute atomic E-state index is 11.8. The molecule has 2 heterocycles. The molecular weight excluding hydrogens is 270 g/mol. The van der Waals surface area contributed by atoms with E-state index in [-0.39, 0.29) is 6.04 Å². The third kappa shape index (κ3) is 2.83. The number of para-hydroxylation sites is 1. The second-order valence-corrected chi connectivity index (χ2v) is 7.94. The molecule has 1 saturated heterocycles. The number of rotatable bonds is 3. The fourth-order valence-corrected chi connectivity index (χ4v) is 4.63. The number of hydrogen-bond acceptors (Lipinski definition) is 4. The van der Waals surface area contributed by atoms with E-state index < -0.39 is 9.73 Å². The zero-order chi connectivity index (χ0) is 14.2. The highest BCUT2D eigenvalue weighted by Gasteiger charge is 2.28. The van der Waals surface area contributed by atoms with Gasteiger partial charge in [0.1, 0.15) is 0 Å². The molecule has 3 rings (SSSR count). The van der Waals surface area contributed by atoms with Gasteiger partial charge in [-0.15, -0.1) is 0 Å². The first-order valence-corrected chi connectivity index (χ1v) is 8.71. The lowest BCUT2D eigenvalue weighted by Crippen LogP contribution is -2.32. The summed E-state index contributed by atoms with van der Waals surface area (Å²) in [5.41, 5.74) is 2.17. The third-order valence-corrected chi connectivity index (χ3v) is 5.76. The van der Waals surface area contributed by atoms with Crippen LogP contribution in [0.3, 0.4) is 0 Å². The molecule has 5 heteroatoms. The van der Waals surface area contributed by atoms with Crippen molar-refractivity contribution in [3.63, 3.8) is 0 Å². The zero-order valence-electron chi connectivity index (χ0n) is 11.6. The van der Waals surface area contributed by atoms with Gasteiger partial charge in [-0.25, -0.2) is 4.21 Å². The minimum Gasteiger partial charge on any atom is -0.298 e. The van der Waals surface area contributed by atoms with Crippen LogP contribution in [-0.2, 0) is 16.3 Å². The lowest BCUT2D eigenvalue weighted by atomic mass is 10.1. The number of nitrogens with one attached hydrogen (secondary N) is 1. The Balaban J connectivity index is 1.76. The molecule has 2 atom stereocenters. The lowest BCUT2D eigenvalue weighted by Gasteiger charge is -2.23. The van der Waals surface area contributed by atoms with Gasteiger partial charge < -0.3 is 0 Å². The van der Waals surface area contributed by atoms with Crippen LogP contribution in [0.15, 0.2) is 36.5 Å². The van der Waals surface area contributed by atoms with Crippen molar-refractivity contribution < 1.29 is 4.21 Å². The van der Waals surface area contributed by atoms with Crippen molar-refractivity contribution in [3.8, 4) is 0 Å². The van der Waals surface area contributed by atoms with E-state index in [9.17, 15) is 4.21 Å². The van der Waals surface area contributed by atoms with Gasteiger partial charge in [0.05, 0.1) is 5.52 Å². The summed E-state index contributed by atoms with van der Waals surface area (Å²) >= 11 is 0. The molecule has 1 aromatic heterocycles. The van der Waals surface area contributed by atoms with E-state index in [1.54, 1.807) is 0 Å². The number of aromatic nitrogens is 1. The number of benzene rings is 1. The largest absolute Gasteiger partial charge is 0.298 e. The Hall–Kier alpha value is -1.46. The summed E-state index contributed by atoms with van der Waals surface area (Å²) in [5, 5.41) is 1.15. The van der Waals surface area contributed by atoms with Gasteiger partial charge in [0.15, 0.2) is 0 Å². The molecule has 1 aromatic carbocycles. The Bertz CT molecular complexity index is 727. The van der Waals surface area contributed by atoms with Crippen LogP contribution < -0.4 is 0 Å². The molecule has 1 N–H and O–H groups in total. The zero-order valence-corrected chi connectivity index (χ0v) is 12.4. The van der Waals surface area contributed by atoms with E-state index in [0.717, 1.165) is 29.4 Å².